The van der Waals surface area contributed by atoms with Gasteiger partial charge in [-0.1, -0.05) is 24.3 Å². The standard InChI is InChI=1S/C19H24N4O2/c20-13-3-1-2-12(10-13)17(24)15-5-4-14(16(21)18(15)25)11-6-8-19(22,23)9-7-11/h1-5,10-11,15H,6-9,20-23H2. The first-order chi connectivity index (χ1) is 11.8. The first-order valence-electron chi connectivity index (χ1n) is 8.48. The minimum absolute atomic E-state index is 0.156. The van der Waals surface area contributed by atoms with Gasteiger partial charge in [0.2, 0.25) is 0 Å². The fourth-order valence-electron chi connectivity index (χ4n) is 3.59. The Hall–Kier alpha value is -2.44. The van der Waals surface area contributed by atoms with Crippen LogP contribution in [0.3, 0.4) is 0 Å². The maximum absolute atomic E-state index is 12.7. The molecule has 6 heteroatoms. The number of nitrogens with two attached hydrogens (primary N) is 4. The van der Waals surface area contributed by atoms with Crippen LogP contribution in [0.2, 0.25) is 0 Å². The van der Waals surface area contributed by atoms with E-state index in [0.29, 0.717) is 24.1 Å². The second-order valence-electron chi connectivity index (χ2n) is 7.07. The highest BCUT2D eigenvalue weighted by molar-refractivity contribution is 6.18. The SMILES string of the molecule is NC1=C(C2CCC(N)(N)CC2)C=CC(C(=O)c2cccc(N)c2)C1=O. The van der Waals surface area contributed by atoms with Gasteiger partial charge in [0.05, 0.1) is 11.4 Å². The van der Waals surface area contributed by atoms with Crippen molar-refractivity contribution in [1.82, 2.24) is 0 Å². The van der Waals surface area contributed by atoms with Crippen LogP contribution in [-0.2, 0) is 4.79 Å². The molecule has 0 aliphatic heterocycles. The van der Waals surface area contributed by atoms with Gasteiger partial charge in [0, 0.05) is 11.3 Å². The summed E-state index contributed by atoms with van der Waals surface area (Å²) in [6.45, 7) is 0. The molecular weight excluding hydrogens is 316 g/mol. The summed E-state index contributed by atoms with van der Waals surface area (Å²) in [5.41, 5.74) is 25.0. The lowest BCUT2D eigenvalue weighted by atomic mass is 9.75. The molecule has 0 spiro atoms. The van der Waals surface area contributed by atoms with Crippen LogP contribution in [0.4, 0.5) is 5.69 Å². The van der Waals surface area contributed by atoms with Gasteiger partial charge in [0.25, 0.3) is 0 Å². The van der Waals surface area contributed by atoms with E-state index in [-0.39, 0.29) is 23.2 Å². The van der Waals surface area contributed by atoms with Gasteiger partial charge in [-0.3, -0.25) is 9.59 Å². The van der Waals surface area contributed by atoms with Crippen molar-refractivity contribution in [2.45, 2.75) is 31.3 Å². The van der Waals surface area contributed by atoms with E-state index in [1.165, 1.54) is 0 Å². The summed E-state index contributed by atoms with van der Waals surface area (Å²) in [5.74, 6) is -1.37. The summed E-state index contributed by atoms with van der Waals surface area (Å²) in [6.07, 6.45) is 6.40. The molecule has 0 bridgehead atoms. The van der Waals surface area contributed by atoms with Gasteiger partial charge < -0.3 is 22.9 Å². The van der Waals surface area contributed by atoms with Crippen LogP contribution in [0, 0.1) is 11.8 Å². The van der Waals surface area contributed by atoms with Crippen LogP contribution < -0.4 is 22.9 Å². The molecule has 2 aliphatic rings. The van der Waals surface area contributed by atoms with Crippen molar-refractivity contribution >= 4 is 17.3 Å². The predicted molar refractivity (Wildman–Crippen MR) is 97.1 cm³/mol. The van der Waals surface area contributed by atoms with Gasteiger partial charge >= 0.3 is 0 Å². The molecule has 1 unspecified atom stereocenters. The fourth-order valence-corrected chi connectivity index (χ4v) is 3.59. The molecule has 3 rings (SSSR count). The number of ketones is 2. The largest absolute Gasteiger partial charge is 0.399 e. The molecule has 25 heavy (non-hydrogen) atoms. The topological polar surface area (TPSA) is 138 Å². The summed E-state index contributed by atoms with van der Waals surface area (Å²) < 4.78 is 0. The van der Waals surface area contributed by atoms with E-state index in [4.69, 9.17) is 22.9 Å². The normalized spacial score (nSPS) is 23.8. The summed E-state index contributed by atoms with van der Waals surface area (Å²) >= 11 is 0. The minimum atomic E-state index is -0.891. The van der Waals surface area contributed by atoms with Crippen molar-refractivity contribution in [3.63, 3.8) is 0 Å². The van der Waals surface area contributed by atoms with Gasteiger partial charge in [-0.25, -0.2) is 0 Å². The van der Waals surface area contributed by atoms with Gasteiger partial charge in [0.1, 0.15) is 5.92 Å². The molecule has 1 aromatic rings. The second-order valence-corrected chi connectivity index (χ2v) is 7.07. The molecule has 8 N–H and O–H groups in total. The van der Waals surface area contributed by atoms with Crippen molar-refractivity contribution in [3.05, 3.63) is 53.3 Å². The molecule has 0 radical (unpaired) electrons. The average Bonchev–Trinajstić information content (AvgIpc) is 2.57. The van der Waals surface area contributed by atoms with E-state index in [0.717, 1.165) is 18.4 Å². The molecule has 1 saturated carbocycles. The van der Waals surface area contributed by atoms with Crippen molar-refractivity contribution in [2.75, 3.05) is 5.73 Å². The summed E-state index contributed by atoms with van der Waals surface area (Å²) in [6, 6.07) is 6.61. The molecule has 0 amide bonds. The molecule has 0 heterocycles. The third-order valence-corrected chi connectivity index (χ3v) is 5.14. The van der Waals surface area contributed by atoms with Crippen LogP contribution in [0.5, 0.6) is 0 Å². The highest BCUT2D eigenvalue weighted by Crippen LogP contribution is 2.36. The van der Waals surface area contributed by atoms with Crippen molar-refractivity contribution in [1.29, 1.82) is 0 Å². The maximum atomic E-state index is 12.7. The second kappa shape index (κ2) is 6.46. The molecular formula is C19H24N4O2. The molecule has 1 aromatic carbocycles. The van der Waals surface area contributed by atoms with Crippen LogP contribution in [0.1, 0.15) is 36.0 Å². The summed E-state index contributed by atoms with van der Waals surface area (Å²) in [7, 11) is 0. The Balaban J connectivity index is 1.79. The highest BCUT2D eigenvalue weighted by Gasteiger charge is 2.35. The van der Waals surface area contributed by atoms with Gasteiger partial charge in [0.15, 0.2) is 11.6 Å². The first-order valence-corrected chi connectivity index (χ1v) is 8.48. The zero-order chi connectivity index (χ0) is 18.2. The number of hydrogen-bond acceptors (Lipinski definition) is 6. The number of anilines is 1. The number of Topliss-reactive ketones (excluding diaryl/α,β-unsaturated/α-hetero) is 2. The lowest BCUT2D eigenvalue weighted by Gasteiger charge is -2.35. The Morgan fingerprint density at radius 1 is 1.12 bits per heavy atom. The number of nitrogen functional groups attached to an aromatic ring is 1. The minimum Gasteiger partial charge on any atom is -0.399 e. The first kappa shape index (κ1) is 17.4. The molecule has 0 saturated heterocycles. The lowest BCUT2D eigenvalue weighted by Crippen LogP contribution is -2.51. The highest BCUT2D eigenvalue weighted by atomic mass is 16.2. The Bertz CT molecular complexity index is 769. The van der Waals surface area contributed by atoms with Gasteiger partial charge in [-0.15, -0.1) is 0 Å². The van der Waals surface area contributed by atoms with E-state index in [1.807, 2.05) is 6.08 Å². The number of rotatable bonds is 3. The van der Waals surface area contributed by atoms with Gasteiger partial charge in [-0.2, -0.15) is 0 Å². The molecule has 2 aliphatic carbocycles. The van der Waals surface area contributed by atoms with Crippen LogP contribution in [0.25, 0.3) is 0 Å². The zero-order valence-electron chi connectivity index (χ0n) is 14.1. The number of hydrogen-bond donors (Lipinski definition) is 4. The zero-order valence-corrected chi connectivity index (χ0v) is 14.1. The van der Waals surface area contributed by atoms with Gasteiger partial charge in [-0.05, 0) is 49.3 Å². The van der Waals surface area contributed by atoms with Crippen molar-refractivity contribution in [3.8, 4) is 0 Å². The fraction of sp³-hybridized carbons (Fsp3) is 0.368. The molecule has 132 valence electrons. The number of carbonyl (C=O) groups excluding carboxylic acids is 2. The van der Waals surface area contributed by atoms with E-state index in [1.54, 1.807) is 30.3 Å². The Labute approximate surface area is 146 Å². The molecule has 6 nitrogen and oxygen atoms in total. The lowest BCUT2D eigenvalue weighted by molar-refractivity contribution is -0.117. The van der Waals surface area contributed by atoms with Crippen LogP contribution in [-0.4, -0.2) is 17.2 Å². The van der Waals surface area contributed by atoms with E-state index < -0.39 is 11.6 Å². The van der Waals surface area contributed by atoms with Crippen LogP contribution in [0.15, 0.2) is 47.7 Å². The number of carbonyl (C=O) groups is 2. The van der Waals surface area contributed by atoms with E-state index in [9.17, 15) is 9.59 Å². The third-order valence-electron chi connectivity index (χ3n) is 5.14. The number of allylic oxidation sites excluding steroid dienone is 4. The molecule has 1 atom stereocenters. The summed E-state index contributed by atoms with van der Waals surface area (Å²) in [4.78, 5) is 25.3. The Morgan fingerprint density at radius 2 is 1.80 bits per heavy atom. The average molecular weight is 340 g/mol. The van der Waals surface area contributed by atoms with E-state index >= 15 is 0 Å². The Morgan fingerprint density at radius 3 is 2.44 bits per heavy atom. The Kier molecular flexibility index (Phi) is 4.49. The van der Waals surface area contributed by atoms with Crippen LogP contribution >= 0.6 is 0 Å². The van der Waals surface area contributed by atoms with Crippen molar-refractivity contribution < 1.29 is 9.59 Å². The molecule has 1 fully saturated rings. The quantitative estimate of drug-likeness (QED) is 0.282. The monoisotopic (exact) mass is 340 g/mol. The van der Waals surface area contributed by atoms with E-state index in [2.05, 4.69) is 0 Å². The molecule has 0 aromatic heterocycles. The predicted octanol–water partition coefficient (Wildman–Crippen LogP) is 1.22. The summed E-state index contributed by atoms with van der Waals surface area (Å²) in [5, 5.41) is 0. The van der Waals surface area contributed by atoms with Crippen molar-refractivity contribution in [2.24, 2.45) is 29.0 Å². The smallest absolute Gasteiger partial charge is 0.193 e. The third kappa shape index (κ3) is 3.50. The number of benzene rings is 1. The maximum Gasteiger partial charge on any atom is 0.193 e.